The van der Waals surface area contributed by atoms with Crippen LogP contribution in [0.3, 0.4) is 0 Å². The van der Waals surface area contributed by atoms with Crippen molar-refractivity contribution in [1.82, 2.24) is 0 Å². The summed E-state index contributed by atoms with van der Waals surface area (Å²) in [5.41, 5.74) is -5.70. The van der Waals surface area contributed by atoms with E-state index in [1.54, 1.807) is 0 Å². The van der Waals surface area contributed by atoms with E-state index in [1.165, 1.54) is 0 Å². The minimum absolute atomic E-state index is 0. The fraction of sp³-hybridized carbons (Fsp3) is 0.500. The van der Waals surface area contributed by atoms with Crippen LogP contribution in [-0.4, -0.2) is 59.0 Å². The Bertz CT molecular complexity index is 460. The molecule has 0 aliphatic rings. The zero-order chi connectivity index (χ0) is 15.3. The van der Waals surface area contributed by atoms with Gasteiger partial charge < -0.3 is 30.0 Å². The maximum absolute atomic E-state index is 9.66. The summed E-state index contributed by atoms with van der Waals surface area (Å²) >= 11 is 0. The fourth-order valence-corrected chi connectivity index (χ4v) is 0.730. The molecule has 0 aromatic rings. The quantitative estimate of drug-likeness (QED) is 0.279. The Hall–Kier alpha value is -0.125. The van der Waals surface area contributed by atoms with Gasteiger partial charge in [-0.25, -0.2) is 0 Å². The van der Waals surface area contributed by atoms with Gasteiger partial charge in [0, 0.05) is 0 Å². The van der Waals surface area contributed by atoms with Crippen molar-refractivity contribution < 1.29 is 93.7 Å². The van der Waals surface area contributed by atoms with Crippen molar-refractivity contribution in [2.75, 3.05) is 0 Å². The van der Waals surface area contributed by atoms with Gasteiger partial charge in [0.15, 0.2) is 0 Å². The summed E-state index contributed by atoms with van der Waals surface area (Å²) in [5.74, 6) is -4.50. The van der Waals surface area contributed by atoms with E-state index in [9.17, 15) is 36.6 Å². The monoisotopic (exact) mass is 324 g/mol. The molecule has 0 aromatic heterocycles. The van der Waals surface area contributed by atoms with Crippen molar-refractivity contribution in [3.63, 3.8) is 0 Å². The van der Waals surface area contributed by atoms with Crippen LogP contribution in [0.2, 0.25) is 0 Å². The molecule has 0 fully saturated rings. The number of hydrogen-bond donors (Lipinski definition) is 4. The molecule has 0 rings (SSSR count). The fourth-order valence-electron chi connectivity index (χ4n) is 0.243. The molecule has 0 spiro atoms. The SMILES string of the molecule is O=C([O-])C(O)S(=O)(=O)O.O=C([O-])C(O)S(=O)(=O)O.[Li+].[Li+]. The molecule has 0 bridgehead atoms. The number of rotatable bonds is 4. The van der Waals surface area contributed by atoms with E-state index in [0.717, 1.165) is 0 Å². The average molecular weight is 324 g/mol. The van der Waals surface area contributed by atoms with Gasteiger partial charge in [0.1, 0.15) is 0 Å². The van der Waals surface area contributed by atoms with Crippen molar-refractivity contribution in [2.24, 2.45) is 0 Å². The summed E-state index contributed by atoms with van der Waals surface area (Å²) in [7, 11) is -9.82. The summed E-state index contributed by atoms with van der Waals surface area (Å²) in [6, 6.07) is 0. The van der Waals surface area contributed by atoms with E-state index in [0.29, 0.717) is 0 Å². The molecule has 16 heteroatoms. The van der Waals surface area contributed by atoms with Crippen LogP contribution in [0, 0.1) is 0 Å². The van der Waals surface area contributed by atoms with Crippen molar-refractivity contribution >= 4 is 32.2 Å². The molecule has 108 valence electrons. The topological polar surface area (TPSA) is 229 Å². The number of aliphatic hydroxyl groups excluding tert-OH is 2. The second-order valence-corrected chi connectivity index (χ2v) is 5.33. The molecule has 4 N–H and O–H groups in total. The van der Waals surface area contributed by atoms with Gasteiger partial charge in [0.2, 0.25) is 10.9 Å². The normalized spacial score (nSPS) is 13.4. The Labute approximate surface area is 136 Å². The van der Waals surface area contributed by atoms with Gasteiger partial charge in [-0.3, -0.25) is 9.11 Å². The Morgan fingerprint density at radius 3 is 0.900 bits per heavy atom. The van der Waals surface area contributed by atoms with Crippen LogP contribution >= 0.6 is 0 Å². The molecule has 0 saturated heterocycles. The molecule has 2 atom stereocenters. The van der Waals surface area contributed by atoms with Crippen LogP contribution in [0.25, 0.3) is 0 Å². The number of carbonyl (C=O) groups excluding carboxylic acids is 2. The van der Waals surface area contributed by atoms with Crippen molar-refractivity contribution in [3.05, 3.63) is 0 Å². The molecule has 0 amide bonds. The van der Waals surface area contributed by atoms with Gasteiger partial charge in [0.05, 0.1) is 11.9 Å². The van der Waals surface area contributed by atoms with Crippen LogP contribution in [0.1, 0.15) is 0 Å². The van der Waals surface area contributed by atoms with Gasteiger partial charge in [-0.2, -0.15) is 16.8 Å². The van der Waals surface area contributed by atoms with E-state index in [1.807, 2.05) is 0 Å². The Kier molecular flexibility index (Phi) is 14.9. The molecular formula is C4H6Li2O12S2. The summed E-state index contributed by atoms with van der Waals surface area (Å²) in [5, 5.41) is 34.8. The first-order valence-electron chi connectivity index (χ1n) is 3.41. The molecular weight excluding hydrogens is 318 g/mol. The van der Waals surface area contributed by atoms with Crippen LogP contribution in [-0.2, 0) is 29.8 Å². The second-order valence-electron chi connectivity index (χ2n) is 2.37. The van der Waals surface area contributed by atoms with Crippen LogP contribution in [0.15, 0.2) is 0 Å². The number of hydrogen-bond acceptors (Lipinski definition) is 10. The van der Waals surface area contributed by atoms with Gasteiger partial charge in [-0.15, -0.1) is 0 Å². The zero-order valence-electron chi connectivity index (χ0n) is 10.0. The second kappa shape index (κ2) is 10.6. The first kappa shape index (κ1) is 28.1. The predicted octanol–water partition coefficient (Wildman–Crippen LogP) is -12.1. The summed E-state index contributed by atoms with van der Waals surface area (Å²) in [6.45, 7) is 0. The average Bonchev–Trinajstić information content (AvgIpc) is 2.13. The van der Waals surface area contributed by atoms with Gasteiger partial charge in [-0.1, -0.05) is 0 Å². The van der Waals surface area contributed by atoms with E-state index >= 15 is 0 Å². The summed E-state index contributed by atoms with van der Waals surface area (Å²) < 4.78 is 54.1. The first-order valence-corrected chi connectivity index (χ1v) is 6.42. The molecule has 20 heavy (non-hydrogen) atoms. The smallest absolute Gasteiger partial charge is 0.546 e. The van der Waals surface area contributed by atoms with Gasteiger partial charge in [-0.05, 0) is 0 Å². The summed E-state index contributed by atoms with van der Waals surface area (Å²) in [4.78, 5) is 18.9. The molecule has 0 aliphatic heterocycles. The maximum Gasteiger partial charge on any atom is 1.00 e. The van der Waals surface area contributed by atoms with Crippen LogP contribution < -0.4 is 47.9 Å². The van der Waals surface area contributed by atoms with E-state index in [4.69, 9.17) is 19.3 Å². The predicted molar refractivity (Wildman–Crippen MR) is 45.1 cm³/mol. The molecule has 2 unspecified atom stereocenters. The molecule has 0 heterocycles. The number of aliphatic hydroxyl groups is 2. The van der Waals surface area contributed by atoms with E-state index in [2.05, 4.69) is 0 Å². The van der Waals surface area contributed by atoms with Crippen molar-refractivity contribution in [2.45, 2.75) is 10.9 Å². The Morgan fingerprint density at radius 2 is 0.900 bits per heavy atom. The van der Waals surface area contributed by atoms with Gasteiger partial charge >= 0.3 is 37.7 Å². The maximum atomic E-state index is 9.66. The molecule has 0 saturated carbocycles. The third-order valence-corrected chi connectivity index (χ3v) is 2.48. The molecule has 12 nitrogen and oxygen atoms in total. The molecule has 0 radical (unpaired) electrons. The van der Waals surface area contributed by atoms with E-state index in [-0.39, 0.29) is 37.7 Å². The van der Waals surface area contributed by atoms with Crippen molar-refractivity contribution in [3.8, 4) is 0 Å². The molecule has 0 aromatic carbocycles. The van der Waals surface area contributed by atoms with Crippen LogP contribution in [0.5, 0.6) is 0 Å². The number of carboxylic acid groups (broad SMARTS) is 2. The third kappa shape index (κ3) is 12.9. The van der Waals surface area contributed by atoms with Gasteiger partial charge in [0.25, 0.3) is 20.2 Å². The number of carboxylic acids is 2. The minimum Gasteiger partial charge on any atom is -0.546 e. The zero-order valence-corrected chi connectivity index (χ0v) is 11.7. The Morgan fingerprint density at radius 1 is 0.750 bits per heavy atom. The van der Waals surface area contributed by atoms with Crippen molar-refractivity contribution in [1.29, 1.82) is 0 Å². The Balaban J connectivity index is -0.000000116. The number of carbonyl (C=O) groups is 2. The van der Waals surface area contributed by atoms with E-state index < -0.39 is 43.0 Å². The molecule has 0 aliphatic carbocycles. The minimum atomic E-state index is -4.91. The third-order valence-electron chi connectivity index (χ3n) is 0.968. The largest absolute Gasteiger partial charge is 1.00 e. The first-order chi connectivity index (χ1) is 7.71. The number of aliphatic carboxylic acids is 2. The summed E-state index contributed by atoms with van der Waals surface area (Å²) in [6.07, 6.45) is 0. The van der Waals surface area contributed by atoms with Crippen LogP contribution in [0.4, 0.5) is 0 Å². The standard InChI is InChI=1S/2C2H4O6S.2Li/c2*3-1(4)2(5)9(6,7)8;;/h2*2,5H,(H,3,4)(H,6,7,8);;/q;;2*+1/p-2.